The number of rotatable bonds is 7. The smallest absolute Gasteiger partial charge is 0.0733 e. The molecule has 2 aromatic carbocycles. The van der Waals surface area contributed by atoms with Gasteiger partial charge in [-0.05, 0) is 67.3 Å². The average molecular weight is 344 g/mol. The van der Waals surface area contributed by atoms with Crippen molar-refractivity contribution in [2.45, 2.75) is 52.4 Å². The van der Waals surface area contributed by atoms with E-state index in [2.05, 4.69) is 80.4 Å². The third-order valence-corrected chi connectivity index (χ3v) is 5.28. The van der Waals surface area contributed by atoms with Crippen molar-refractivity contribution in [3.8, 4) is 11.3 Å². The highest BCUT2D eigenvalue weighted by Crippen LogP contribution is 2.26. The van der Waals surface area contributed by atoms with Gasteiger partial charge in [0.05, 0.1) is 5.69 Å². The quantitative estimate of drug-likeness (QED) is 0.426. The summed E-state index contributed by atoms with van der Waals surface area (Å²) in [5.74, 6) is 0.646. The van der Waals surface area contributed by atoms with Gasteiger partial charge in [-0.15, -0.1) is 0 Å². The summed E-state index contributed by atoms with van der Waals surface area (Å²) >= 11 is 0. The molecule has 0 aliphatic heterocycles. The van der Waals surface area contributed by atoms with Crippen LogP contribution in [-0.2, 0) is 6.42 Å². The Morgan fingerprint density at radius 2 is 1.65 bits per heavy atom. The Labute approximate surface area is 158 Å². The number of pyridine rings is 1. The van der Waals surface area contributed by atoms with Gasteiger partial charge in [-0.25, -0.2) is 0 Å². The van der Waals surface area contributed by atoms with Gasteiger partial charge < -0.3 is 0 Å². The molecule has 0 saturated heterocycles. The summed E-state index contributed by atoms with van der Waals surface area (Å²) in [6, 6.07) is 21.8. The van der Waals surface area contributed by atoms with Crippen molar-refractivity contribution in [1.29, 1.82) is 0 Å². The lowest BCUT2D eigenvalue weighted by Crippen LogP contribution is -1.95. The van der Waals surface area contributed by atoms with Gasteiger partial charge in [-0.2, -0.15) is 0 Å². The molecule has 134 valence electrons. The maximum absolute atomic E-state index is 4.56. The summed E-state index contributed by atoms with van der Waals surface area (Å²) < 4.78 is 0. The molecule has 0 fully saturated rings. The van der Waals surface area contributed by atoms with Crippen LogP contribution >= 0.6 is 0 Å². The standard InChI is InChI=1S/C25H29N/c1-19(23-13-5-4-6-14-23)10-7-8-12-22-15-16-24(21(3)18-22)25-20(2)11-9-17-26-25/h4-6,9,11,13-19H,7-8,10,12H2,1-3H3. The van der Waals surface area contributed by atoms with Crippen LogP contribution in [0.1, 0.15) is 54.4 Å². The maximum atomic E-state index is 4.56. The van der Waals surface area contributed by atoms with E-state index >= 15 is 0 Å². The maximum Gasteiger partial charge on any atom is 0.0733 e. The van der Waals surface area contributed by atoms with Gasteiger partial charge >= 0.3 is 0 Å². The Balaban J connectivity index is 1.55. The first-order chi connectivity index (χ1) is 12.6. The number of benzene rings is 2. The Bertz CT molecular complexity index is 836. The average Bonchev–Trinajstić information content (AvgIpc) is 2.67. The lowest BCUT2D eigenvalue weighted by molar-refractivity contribution is 0.604. The van der Waals surface area contributed by atoms with Crippen molar-refractivity contribution in [3.05, 3.63) is 89.1 Å². The van der Waals surface area contributed by atoms with E-state index in [1.165, 1.54) is 47.1 Å². The zero-order chi connectivity index (χ0) is 18.4. The van der Waals surface area contributed by atoms with Gasteiger partial charge in [-0.3, -0.25) is 4.98 Å². The third kappa shape index (κ3) is 4.60. The summed E-state index contributed by atoms with van der Waals surface area (Å²) in [6.45, 7) is 6.66. The summed E-state index contributed by atoms with van der Waals surface area (Å²) in [4.78, 5) is 4.56. The molecule has 1 aromatic heterocycles. The van der Waals surface area contributed by atoms with Crippen LogP contribution in [0, 0.1) is 13.8 Å². The first-order valence-electron chi connectivity index (χ1n) is 9.71. The predicted octanol–water partition coefficient (Wildman–Crippen LogP) is 6.88. The molecule has 1 unspecified atom stereocenters. The topological polar surface area (TPSA) is 12.9 Å². The fourth-order valence-corrected chi connectivity index (χ4v) is 3.64. The molecule has 1 heteroatoms. The van der Waals surface area contributed by atoms with Crippen LogP contribution in [0.4, 0.5) is 0 Å². The first kappa shape index (κ1) is 18.4. The number of nitrogens with zero attached hydrogens (tertiary/aromatic N) is 1. The Kier molecular flexibility index (Phi) is 6.22. The van der Waals surface area contributed by atoms with Gasteiger partial charge in [0.1, 0.15) is 0 Å². The van der Waals surface area contributed by atoms with E-state index in [1.807, 2.05) is 12.3 Å². The lowest BCUT2D eigenvalue weighted by atomic mass is 9.93. The van der Waals surface area contributed by atoms with Crippen molar-refractivity contribution < 1.29 is 0 Å². The minimum absolute atomic E-state index is 0.646. The second-order valence-corrected chi connectivity index (χ2v) is 7.38. The number of unbranched alkanes of at least 4 members (excludes halogenated alkanes) is 1. The first-order valence-corrected chi connectivity index (χ1v) is 9.71. The fraction of sp³-hybridized carbons (Fsp3) is 0.320. The molecular weight excluding hydrogens is 314 g/mol. The van der Waals surface area contributed by atoms with Crippen LogP contribution in [0.15, 0.2) is 66.9 Å². The zero-order valence-corrected chi connectivity index (χ0v) is 16.2. The minimum atomic E-state index is 0.646. The number of aryl methyl sites for hydroxylation is 3. The van der Waals surface area contributed by atoms with Crippen LogP contribution in [0.25, 0.3) is 11.3 Å². The van der Waals surface area contributed by atoms with Crippen LogP contribution in [0.5, 0.6) is 0 Å². The van der Waals surface area contributed by atoms with E-state index in [0.717, 1.165) is 12.1 Å². The molecule has 1 atom stereocenters. The summed E-state index contributed by atoms with van der Waals surface area (Å²) in [6.07, 6.45) is 6.82. The number of aromatic nitrogens is 1. The molecule has 1 nitrogen and oxygen atoms in total. The summed E-state index contributed by atoms with van der Waals surface area (Å²) in [5, 5.41) is 0. The molecule has 0 amide bonds. The normalized spacial score (nSPS) is 12.1. The van der Waals surface area contributed by atoms with E-state index in [-0.39, 0.29) is 0 Å². The predicted molar refractivity (Wildman–Crippen MR) is 112 cm³/mol. The highest BCUT2D eigenvalue weighted by atomic mass is 14.7. The summed E-state index contributed by atoms with van der Waals surface area (Å²) in [7, 11) is 0. The van der Waals surface area contributed by atoms with E-state index in [4.69, 9.17) is 0 Å². The lowest BCUT2D eigenvalue weighted by Gasteiger charge is -2.12. The molecule has 3 aromatic rings. The fourth-order valence-electron chi connectivity index (χ4n) is 3.64. The highest BCUT2D eigenvalue weighted by molar-refractivity contribution is 5.66. The number of hydrogen-bond acceptors (Lipinski definition) is 1. The molecule has 0 bridgehead atoms. The van der Waals surface area contributed by atoms with Gasteiger partial charge in [0, 0.05) is 11.8 Å². The van der Waals surface area contributed by atoms with E-state index < -0.39 is 0 Å². The third-order valence-electron chi connectivity index (χ3n) is 5.28. The van der Waals surface area contributed by atoms with Gasteiger partial charge in [0.25, 0.3) is 0 Å². The second kappa shape index (κ2) is 8.80. The molecule has 0 aliphatic rings. The van der Waals surface area contributed by atoms with Crippen molar-refractivity contribution >= 4 is 0 Å². The molecule has 0 N–H and O–H groups in total. The molecule has 0 radical (unpaired) electrons. The van der Waals surface area contributed by atoms with Crippen molar-refractivity contribution in [2.75, 3.05) is 0 Å². The second-order valence-electron chi connectivity index (χ2n) is 7.38. The molecule has 3 rings (SSSR count). The Morgan fingerprint density at radius 1 is 0.846 bits per heavy atom. The molecule has 0 spiro atoms. The van der Waals surface area contributed by atoms with Crippen molar-refractivity contribution in [1.82, 2.24) is 4.98 Å². The minimum Gasteiger partial charge on any atom is -0.256 e. The van der Waals surface area contributed by atoms with Gasteiger partial charge in [-0.1, -0.05) is 67.9 Å². The molecule has 26 heavy (non-hydrogen) atoms. The van der Waals surface area contributed by atoms with Gasteiger partial charge in [0.15, 0.2) is 0 Å². The van der Waals surface area contributed by atoms with Crippen molar-refractivity contribution in [3.63, 3.8) is 0 Å². The molecular formula is C25H29N. The largest absolute Gasteiger partial charge is 0.256 e. The Hall–Kier alpha value is -2.41. The van der Waals surface area contributed by atoms with Crippen LogP contribution < -0.4 is 0 Å². The van der Waals surface area contributed by atoms with Crippen LogP contribution in [0.3, 0.4) is 0 Å². The van der Waals surface area contributed by atoms with E-state index in [9.17, 15) is 0 Å². The molecule has 0 saturated carbocycles. The zero-order valence-electron chi connectivity index (χ0n) is 16.2. The SMILES string of the molecule is Cc1cc(CCCCC(C)c2ccccc2)ccc1-c1ncccc1C. The molecule has 0 aliphatic carbocycles. The summed E-state index contributed by atoms with van der Waals surface area (Å²) in [5.41, 5.74) is 7.81. The molecule has 1 heterocycles. The highest BCUT2D eigenvalue weighted by Gasteiger charge is 2.08. The number of hydrogen-bond donors (Lipinski definition) is 0. The Morgan fingerprint density at radius 3 is 2.38 bits per heavy atom. The van der Waals surface area contributed by atoms with E-state index in [0.29, 0.717) is 5.92 Å². The van der Waals surface area contributed by atoms with Gasteiger partial charge in [0.2, 0.25) is 0 Å². The van der Waals surface area contributed by atoms with Crippen LogP contribution in [0.2, 0.25) is 0 Å². The van der Waals surface area contributed by atoms with Crippen LogP contribution in [-0.4, -0.2) is 4.98 Å². The van der Waals surface area contributed by atoms with Crippen molar-refractivity contribution in [2.24, 2.45) is 0 Å². The monoisotopic (exact) mass is 343 g/mol. The van der Waals surface area contributed by atoms with E-state index in [1.54, 1.807) is 0 Å².